The molecule has 88 heavy (non-hydrogen) atoms. The van der Waals surface area contributed by atoms with Crippen molar-refractivity contribution in [2.45, 2.75) is 234 Å². The van der Waals surface area contributed by atoms with Crippen molar-refractivity contribution in [3.05, 3.63) is 136 Å². The molecule has 17 rings (SSSR count). The molecule has 8 heteroatoms. The Morgan fingerprint density at radius 2 is 0.761 bits per heavy atom. The van der Waals surface area contributed by atoms with Crippen LogP contribution in [0.15, 0.2) is 85.5 Å². The zero-order chi connectivity index (χ0) is 59.7. The van der Waals surface area contributed by atoms with Gasteiger partial charge < -0.3 is 38.4 Å². The zero-order valence-electron chi connectivity index (χ0n) is 54.3. The number of rotatable bonds is 5. The first-order chi connectivity index (χ1) is 41.3. The van der Waals surface area contributed by atoms with Crippen LogP contribution >= 0.6 is 0 Å². The molecule has 0 aromatic heterocycles. The van der Waals surface area contributed by atoms with E-state index in [0.717, 1.165) is 70.3 Å². The average Bonchev–Trinajstić information content (AvgIpc) is 0.803. The molecule has 8 nitrogen and oxygen atoms in total. The van der Waals surface area contributed by atoms with Crippen LogP contribution in [0.25, 0.3) is 0 Å². The highest BCUT2D eigenvalue weighted by atomic mass is 16.3. The van der Waals surface area contributed by atoms with Gasteiger partial charge in [0.25, 0.3) is 0 Å². The molecule has 14 atom stereocenters. The van der Waals surface area contributed by atoms with Crippen molar-refractivity contribution in [3.8, 4) is 17.2 Å². The standard InChI is InChI=1S/C21H29NO.C20H27NO.C19H28NO.C18H25NO.2CH4/c1-22(14-15-5-6-15)11-10-21-9-3-2-4-18(21)20(22)12-16-7-8-17(23)13-19(16)21;1-3-11-21(2)12-10-20-9-5-4-6-17(20)19(21)13-15-7-8-16(22)14-18(15)20;1-20(2)10-9-19-8-4-3-5-16(19)18(20)12-15-7-6-14(13-21)11-17(15)19;1-19(2)10-9-18-8-4-3-5-15(18)17(19)11-13-6-7-14(20)12-16(13)18;;/h7-8,13,15,18,20H,2-6,9-12,14H2,1H3;3,7-8,14,17,19H,1,4-6,9-13H2,2H3;6-7,11,16,18,21H,3-5,8-10,12-13H2,1-2H3;6-7,12,15,17H,3-5,8-11H2,1-2H3;2*1H4/q;;+1;;;/p+3/t18?,20?,21-,22-;17?,19?,20-,21+;16?,18?,19-;15?,17?,18-;;/m0000../s1. The number of aromatic hydroxyl groups is 3. The maximum atomic E-state index is 10.1. The van der Waals surface area contributed by atoms with Crippen molar-refractivity contribution in [2.24, 2.45) is 29.6 Å². The largest absolute Gasteiger partial charge is 0.508 e. The third-order valence-electron chi connectivity index (χ3n) is 28.5. The molecule has 4 heterocycles. The van der Waals surface area contributed by atoms with Gasteiger partial charge >= 0.3 is 0 Å². The van der Waals surface area contributed by atoms with Crippen molar-refractivity contribution < 1.29 is 38.4 Å². The van der Waals surface area contributed by atoms with E-state index >= 15 is 0 Å². The predicted molar refractivity (Wildman–Crippen MR) is 362 cm³/mol. The summed E-state index contributed by atoms with van der Waals surface area (Å²) < 4.78 is 4.88. The van der Waals surface area contributed by atoms with Gasteiger partial charge in [0.1, 0.15) is 17.2 Å². The summed E-state index contributed by atoms with van der Waals surface area (Å²) in [5, 5.41) is 39.6. The van der Waals surface area contributed by atoms with Gasteiger partial charge in [0.15, 0.2) is 0 Å². The van der Waals surface area contributed by atoms with Gasteiger partial charge in [-0.25, -0.2) is 0 Å². The zero-order valence-corrected chi connectivity index (χ0v) is 54.3. The summed E-state index contributed by atoms with van der Waals surface area (Å²) in [7, 11) is 14.7. The number of hydrogen-bond acceptors (Lipinski definition) is 4. The highest BCUT2D eigenvalue weighted by molar-refractivity contribution is 5.48. The Labute approximate surface area is 533 Å². The lowest BCUT2D eigenvalue weighted by atomic mass is 9.52. The summed E-state index contributed by atoms with van der Waals surface area (Å²) in [6.07, 6.45) is 37.2. The summed E-state index contributed by atoms with van der Waals surface area (Å²) in [5.41, 5.74) is 14.9. The minimum absolute atomic E-state index is 0. The summed E-state index contributed by atoms with van der Waals surface area (Å²) >= 11 is 0. The highest BCUT2D eigenvalue weighted by Gasteiger charge is 2.63. The maximum Gasteiger partial charge on any atom is 0.115 e. The molecule has 4 N–H and O–H groups in total. The Morgan fingerprint density at radius 1 is 0.420 bits per heavy atom. The molecule has 4 aliphatic heterocycles. The van der Waals surface area contributed by atoms with Gasteiger partial charge in [-0.15, -0.1) is 0 Å². The molecule has 0 spiro atoms. The number of fused-ring (bicyclic) bond motifs is 4. The summed E-state index contributed by atoms with van der Waals surface area (Å²) in [5.74, 6) is 5.71. The van der Waals surface area contributed by atoms with Crippen LogP contribution in [0.2, 0.25) is 0 Å². The number of quaternary nitrogens is 4. The Balaban J connectivity index is 0.000000114. The van der Waals surface area contributed by atoms with Crippen molar-refractivity contribution >= 4 is 0 Å². The van der Waals surface area contributed by atoms with Crippen molar-refractivity contribution in [3.63, 3.8) is 0 Å². The van der Waals surface area contributed by atoms with Gasteiger partial charge in [-0.05, 0) is 157 Å². The lowest BCUT2D eigenvalue weighted by molar-refractivity contribution is -0.946. The van der Waals surface area contributed by atoms with Crippen LogP contribution in [0.5, 0.6) is 17.2 Å². The van der Waals surface area contributed by atoms with Crippen LogP contribution in [-0.2, 0) is 54.0 Å². The van der Waals surface area contributed by atoms with E-state index in [-0.39, 0.29) is 21.5 Å². The molecule has 9 aliphatic carbocycles. The smallest absolute Gasteiger partial charge is 0.115 e. The highest BCUT2D eigenvalue weighted by Crippen LogP contribution is 2.62. The minimum Gasteiger partial charge on any atom is -0.508 e. The number of hydrogen-bond donors (Lipinski definition) is 4. The number of likely N-dealkylation sites (tertiary alicyclic amines) is 4. The molecule has 5 saturated carbocycles. The lowest BCUT2D eigenvalue weighted by Gasteiger charge is -2.61. The van der Waals surface area contributed by atoms with Gasteiger partial charge in [-0.2, -0.15) is 0 Å². The number of phenols is 3. The maximum absolute atomic E-state index is 10.1. The van der Waals surface area contributed by atoms with Gasteiger partial charge in [-0.3, -0.25) is 0 Å². The fraction of sp³-hybridized carbons (Fsp3) is 0.675. The Morgan fingerprint density at radius 3 is 1.15 bits per heavy atom. The van der Waals surface area contributed by atoms with Crippen LogP contribution in [-0.4, -0.2) is 144 Å². The molecule has 0 radical (unpaired) electrons. The van der Waals surface area contributed by atoms with E-state index in [0.29, 0.717) is 38.9 Å². The number of benzene rings is 4. The monoisotopic (exact) mass is 1200 g/mol. The Hall–Kier alpha value is -4.18. The lowest BCUT2D eigenvalue weighted by Crippen LogP contribution is -2.68. The molecular weight excluding hydrogens is 1080 g/mol. The number of piperidine rings is 4. The first kappa shape index (κ1) is 63.9. The second kappa shape index (κ2) is 23.7. The van der Waals surface area contributed by atoms with E-state index in [1.807, 2.05) is 18.2 Å². The number of likely N-dealkylation sites (N-methyl/N-ethyl adjacent to an activating group) is 4. The van der Waals surface area contributed by atoms with E-state index < -0.39 is 0 Å². The summed E-state index contributed by atoms with van der Waals surface area (Å²) in [6, 6.07) is 28.5. The normalized spacial score (nSPS) is 38.3. The molecular formula is C80H120N4O4+4. The van der Waals surface area contributed by atoms with Crippen molar-refractivity contribution in [2.75, 3.05) is 81.6 Å². The molecule has 4 aromatic rings. The van der Waals surface area contributed by atoms with Crippen LogP contribution in [0.1, 0.15) is 206 Å². The number of aliphatic hydroxyl groups is 1. The molecule has 13 aliphatic rings. The Bertz CT molecular complexity index is 3200. The van der Waals surface area contributed by atoms with E-state index in [9.17, 15) is 20.4 Å². The van der Waals surface area contributed by atoms with E-state index in [4.69, 9.17) is 0 Å². The summed E-state index contributed by atoms with van der Waals surface area (Å²) in [4.78, 5) is 0. The van der Waals surface area contributed by atoms with Gasteiger partial charge in [0.05, 0.1) is 112 Å². The van der Waals surface area contributed by atoms with Crippen molar-refractivity contribution in [1.82, 2.24) is 0 Å². The molecule has 8 bridgehead atoms. The quantitative estimate of drug-likeness (QED) is 0.119. The second-order valence-corrected chi connectivity index (χ2v) is 33.3. The number of phenolic OH excluding ortho intramolecular Hbond substituents is 3. The van der Waals surface area contributed by atoms with E-state index in [1.165, 1.54) is 241 Å². The molecule has 8 unspecified atom stereocenters. The molecule has 4 saturated heterocycles. The SMILES string of the molecule is C.C.C=CC[N@+]1(C)CC[C@@]23CCCCC2C1Cc1ccc(O)cc13.C[N+]1(C)CC[C@@]23CCCCC2C1Cc1ccc(CO)cc13.C[N+]1(C)CC[C@@]23CCCCC2C1Cc1ccc(O)cc13.C[N@@+]1(CC2CC2)CC[C@@]23CCCCC2C1Cc1ccc(O)cc13. The predicted octanol–water partition coefficient (Wildman–Crippen LogP) is 15.3. The third kappa shape index (κ3) is 10.5. The van der Waals surface area contributed by atoms with Gasteiger partial charge in [-0.1, -0.05) is 109 Å². The number of aliphatic hydroxyl groups excluding tert-OH is 1. The number of nitrogens with zero attached hydrogens (tertiary/aromatic N) is 4. The average molecular weight is 1200 g/mol. The molecule has 480 valence electrons. The van der Waals surface area contributed by atoms with E-state index in [2.05, 4.69) is 110 Å². The van der Waals surface area contributed by atoms with Crippen LogP contribution in [0.4, 0.5) is 0 Å². The van der Waals surface area contributed by atoms with Crippen LogP contribution < -0.4 is 0 Å². The topological polar surface area (TPSA) is 80.9 Å². The second-order valence-electron chi connectivity index (χ2n) is 33.3. The molecule has 0 amide bonds. The van der Waals surface area contributed by atoms with Crippen LogP contribution in [0.3, 0.4) is 0 Å². The van der Waals surface area contributed by atoms with E-state index in [1.54, 1.807) is 16.7 Å². The fourth-order valence-electron chi connectivity index (χ4n) is 23.8. The van der Waals surface area contributed by atoms with Gasteiger partial charge in [0.2, 0.25) is 0 Å². The summed E-state index contributed by atoms with van der Waals surface area (Å²) in [6.45, 7) is 11.9. The fourth-order valence-corrected chi connectivity index (χ4v) is 23.8. The first-order valence-electron chi connectivity index (χ1n) is 35.4. The van der Waals surface area contributed by atoms with Crippen LogP contribution in [0, 0.1) is 29.6 Å². The minimum atomic E-state index is 0. The third-order valence-corrected chi connectivity index (χ3v) is 28.5. The Kier molecular flexibility index (Phi) is 17.3. The van der Waals surface area contributed by atoms with Crippen molar-refractivity contribution in [1.29, 1.82) is 0 Å². The first-order valence-corrected chi connectivity index (χ1v) is 35.4. The van der Waals surface area contributed by atoms with Gasteiger partial charge in [0, 0.05) is 103 Å². The molecule has 4 aromatic carbocycles. The molecule has 9 fully saturated rings.